The van der Waals surface area contributed by atoms with Crippen LogP contribution >= 0.6 is 0 Å². The van der Waals surface area contributed by atoms with E-state index in [1.807, 2.05) is 20.8 Å². The summed E-state index contributed by atoms with van der Waals surface area (Å²) in [6.45, 7) is 9.02. The Hall–Kier alpha value is -0.610. The van der Waals surface area contributed by atoms with Gasteiger partial charge in [-0.3, -0.25) is 4.79 Å². The molecule has 1 aliphatic heterocycles. The highest BCUT2D eigenvalue weighted by Crippen LogP contribution is 2.12. The van der Waals surface area contributed by atoms with E-state index in [4.69, 9.17) is 4.74 Å². The molecule has 1 rings (SSSR count). The average Bonchev–Trinajstić information content (AvgIpc) is 2.16. The lowest BCUT2D eigenvalue weighted by Gasteiger charge is -2.23. The highest BCUT2D eigenvalue weighted by atomic mass is 16.5. The zero-order valence-electron chi connectivity index (χ0n) is 10.6. The summed E-state index contributed by atoms with van der Waals surface area (Å²) < 4.78 is 5.29. The number of hydrogen-bond acceptors (Lipinski definition) is 3. The second kappa shape index (κ2) is 6.21. The molecule has 16 heavy (non-hydrogen) atoms. The molecular weight excluding hydrogens is 204 g/mol. The van der Waals surface area contributed by atoms with Crippen LogP contribution in [0.4, 0.5) is 0 Å². The Bertz CT molecular complexity index is 218. The van der Waals surface area contributed by atoms with Crippen molar-refractivity contribution in [1.29, 1.82) is 0 Å². The number of carbonyl (C=O) groups is 1. The summed E-state index contributed by atoms with van der Waals surface area (Å²) in [5, 5.41) is 6.14. The first-order valence-corrected chi connectivity index (χ1v) is 6.07. The predicted octanol–water partition coefficient (Wildman–Crippen LogP) is 0.917. The lowest BCUT2D eigenvalue weighted by Crippen LogP contribution is -2.45. The van der Waals surface area contributed by atoms with Crippen LogP contribution in [0.15, 0.2) is 0 Å². The second-order valence-corrected chi connectivity index (χ2v) is 5.48. The van der Waals surface area contributed by atoms with Crippen LogP contribution in [-0.4, -0.2) is 37.7 Å². The molecule has 94 valence electrons. The molecule has 1 amide bonds. The highest BCUT2D eigenvalue weighted by molar-refractivity contribution is 5.78. The number of amides is 1. The van der Waals surface area contributed by atoms with Crippen molar-refractivity contribution >= 4 is 5.91 Å². The second-order valence-electron chi connectivity index (χ2n) is 5.48. The molecule has 0 aliphatic carbocycles. The summed E-state index contributed by atoms with van der Waals surface area (Å²) in [7, 11) is 0. The van der Waals surface area contributed by atoms with Gasteiger partial charge in [-0.05, 0) is 46.1 Å². The van der Waals surface area contributed by atoms with Crippen molar-refractivity contribution in [3.63, 3.8) is 0 Å². The number of hydrogen-bond donors (Lipinski definition) is 2. The SMILES string of the molecule is CC(C)(C)NC(=O)CNCC1CCOCC1. The molecule has 0 saturated carbocycles. The van der Waals surface area contributed by atoms with Crippen LogP contribution in [0.25, 0.3) is 0 Å². The maximum Gasteiger partial charge on any atom is 0.234 e. The molecule has 0 spiro atoms. The first kappa shape index (κ1) is 13.5. The zero-order chi connectivity index (χ0) is 12.0. The Balaban J connectivity index is 2.08. The van der Waals surface area contributed by atoms with Crippen molar-refractivity contribution in [2.75, 3.05) is 26.3 Å². The molecule has 4 nitrogen and oxygen atoms in total. The van der Waals surface area contributed by atoms with Crippen LogP contribution in [0.1, 0.15) is 33.6 Å². The summed E-state index contributed by atoms with van der Waals surface area (Å²) in [6.07, 6.45) is 2.21. The minimum Gasteiger partial charge on any atom is -0.381 e. The summed E-state index contributed by atoms with van der Waals surface area (Å²) in [5.74, 6) is 0.732. The lowest BCUT2D eigenvalue weighted by molar-refractivity contribution is -0.121. The highest BCUT2D eigenvalue weighted by Gasteiger charge is 2.15. The van der Waals surface area contributed by atoms with E-state index in [1.165, 1.54) is 0 Å². The van der Waals surface area contributed by atoms with E-state index in [0.29, 0.717) is 12.5 Å². The number of nitrogens with one attached hydrogen (secondary N) is 2. The van der Waals surface area contributed by atoms with Gasteiger partial charge in [0.15, 0.2) is 0 Å². The molecule has 0 aromatic carbocycles. The van der Waals surface area contributed by atoms with Crippen LogP contribution < -0.4 is 10.6 Å². The molecule has 1 aliphatic rings. The standard InChI is InChI=1S/C12H24N2O2/c1-12(2,3)14-11(15)9-13-8-10-4-6-16-7-5-10/h10,13H,4-9H2,1-3H3,(H,14,15). The smallest absolute Gasteiger partial charge is 0.234 e. The van der Waals surface area contributed by atoms with Crippen molar-refractivity contribution in [3.8, 4) is 0 Å². The molecule has 1 fully saturated rings. The fourth-order valence-electron chi connectivity index (χ4n) is 1.80. The molecule has 1 heterocycles. The summed E-state index contributed by atoms with van der Waals surface area (Å²) in [5.41, 5.74) is -0.141. The van der Waals surface area contributed by atoms with Gasteiger partial charge in [0.1, 0.15) is 0 Å². The number of carbonyl (C=O) groups excluding carboxylic acids is 1. The van der Waals surface area contributed by atoms with E-state index < -0.39 is 0 Å². The van der Waals surface area contributed by atoms with Crippen molar-refractivity contribution in [2.24, 2.45) is 5.92 Å². The molecule has 0 unspecified atom stereocenters. The molecular formula is C12H24N2O2. The fraction of sp³-hybridized carbons (Fsp3) is 0.917. The van der Waals surface area contributed by atoms with E-state index in [2.05, 4.69) is 10.6 Å². The predicted molar refractivity (Wildman–Crippen MR) is 64.3 cm³/mol. The van der Waals surface area contributed by atoms with Crippen molar-refractivity contribution in [2.45, 2.75) is 39.2 Å². The van der Waals surface area contributed by atoms with Gasteiger partial charge in [0.25, 0.3) is 0 Å². The summed E-state index contributed by atoms with van der Waals surface area (Å²) in [4.78, 5) is 11.5. The molecule has 0 bridgehead atoms. The van der Waals surface area contributed by atoms with E-state index in [0.717, 1.165) is 32.6 Å². The normalized spacial score (nSPS) is 18.4. The van der Waals surface area contributed by atoms with Crippen LogP contribution in [0, 0.1) is 5.92 Å². The van der Waals surface area contributed by atoms with Crippen LogP contribution in [0.5, 0.6) is 0 Å². The molecule has 1 saturated heterocycles. The van der Waals surface area contributed by atoms with Crippen LogP contribution in [-0.2, 0) is 9.53 Å². The Morgan fingerprint density at radius 2 is 1.94 bits per heavy atom. The average molecular weight is 228 g/mol. The molecule has 0 aromatic heterocycles. The third-order valence-electron chi connectivity index (χ3n) is 2.57. The first-order chi connectivity index (χ1) is 7.47. The van der Waals surface area contributed by atoms with E-state index >= 15 is 0 Å². The quantitative estimate of drug-likeness (QED) is 0.752. The van der Waals surface area contributed by atoms with Crippen molar-refractivity contribution in [3.05, 3.63) is 0 Å². The minimum atomic E-state index is -0.141. The fourth-order valence-corrected chi connectivity index (χ4v) is 1.80. The maximum absolute atomic E-state index is 11.5. The monoisotopic (exact) mass is 228 g/mol. The Labute approximate surface area is 98.1 Å². The van der Waals surface area contributed by atoms with E-state index in [9.17, 15) is 4.79 Å². The molecule has 2 N–H and O–H groups in total. The van der Waals surface area contributed by atoms with E-state index in [1.54, 1.807) is 0 Å². The van der Waals surface area contributed by atoms with Gasteiger partial charge in [0.2, 0.25) is 5.91 Å². The Morgan fingerprint density at radius 3 is 2.50 bits per heavy atom. The molecule has 0 atom stereocenters. The zero-order valence-corrected chi connectivity index (χ0v) is 10.6. The first-order valence-electron chi connectivity index (χ1n) is 6.07. The van der Waals surface area contributed by atoms with Gasteiger partial charge in [-0.1, -0.05) is 0 Å². The summed E-state index contributed by atoms with van der Waals surface area (Å²) in [6, 6.07) is 0. The lowest BCUT2D eigenvalue weighted by atomic mass is 10.0. The van der Waals surface area contributed by atoms with Gasteiger partial charge in [-0.2, -0.15) is 0 Å². The van der Waals surface area contributed by atoms with Crippen molar-refractivity contribution in [1.82, 2.24) is 10.6 Å². The largest absolute Gasteiger partial charge is 0.381 e. The van der Waals surface area contributed by atoms with E-state index in [-0.39, 0.29) is 11.4 Å². The molecule has 0 aromatic rings. The maximum atomic E-state index is 11.5. The number of ether oxygens (including phenoxy) is 1. The summed E-state index contributed by atoms with van der Waals surface area (Å²) >= 11 is 0. The minimum absolute atomic E-state index is 0.0690. The van der Waals surface area contributed by atoms with Gasteiger partial charge in [0.05, 0.1) is 6.54 Å². The van der Waals surface area contributed by atoms with Crippen LogP contribution in [0.2, 0.25) is 0 Å². The van der Waals surface area contributed by atoms with Gasteiger partial charge in [0, 0.05) is 18.8 Å². The van der Waals surface area contributed by atoms with Gasteiger partial charge in [-0.15, -0.1) is 0 Å². The topological polar surface area (TPSA) is 50.4 Å². The Kier molecular flexibility index (Phi) is 5.22. The molecule has 4 heteroatoms. The third-order valence-corrected chi connectivity index (χ3v) is 2.57. The molecule has 0 radical (unpaired) electrons. The number of rotatable bonds is 4. The van der Waals surface area contributed by atoms with Gasteiger partial charge >= 0.3 is 0 Å². The van der Waals surface area contributed by atoms with Gasteiger partial charge in [-0.25, -0.2) is 0 Å². The third kappa shape index (κ3) is 6.08. The van der Waals surface area contributed by atoms with Crippen LogP contribution in [0.3, 0.4) is 0 Å². The Morgan fingerprint density at radius 1 is 1.31 bits per heavy atom. The van der Waals surface area contributed by atoms with Crippen molar-refractivity contribution < 1.29 is 9.53 Å². The van der Waals surface area contributed by atoms with Gasteiger partial charge < -0.3 is 15.4 Å².